The lowest BCUT2D eigenvalue weighted by molar-refractivity contribution is -0.572. The number of para-hydroxylation sites is 2. The van der Waals surface area contributed by atoms with Crippen molar-refractivity contribution in [3.63, 3.8) is 0 Å². The van der Waals surface area contributed by atoms with Gasteiger partial charge in [-0.2, -0.15) is 0 Å². The molecule has 296 valence electrons. The van der Waals surface area contributed by atoms with Crippen LogP contribution in [0.25, 0.3) is 61.2 Å². The molecule has 0 saturated carbocycles. The molecule has 1 aliphatic rings. The standard InChI is InChI=1S/C54H44N4O2Si/c1-54(2,3)38-27-28-55-53(30-38)58-45-26-23-37(36-15-8-6-9-16-36)29-44(45)43-25-24-42(32-46(43)58)59-41-20-14-19-40(31-41)57-35-56(39-17-10-7-11-18-39)48-34-52-50(33-47(48)57)60-49-21-12-13-22-51(49)61(52,4)5/h6-34H,1-5H3. The number of nitrogens with zero attached hydrogens (tertiary/aromatic N) is 4. The Morgan fingerprint density at radius 3 is 2.20 bits per heavy atom. The average Bonchev–Trinajstić information content (AvgIpc) is 3.81. The van der Waals surface area contributed by atoms with Gasteiger partial charge in [0.1, 0.15) is 36.9 Å². The van der Waals surface area contributed by atoms with Crippen LogP contribution in [0.3, 0.4) is 0 Å². The molecule has 0 bridgehead atoms. The first kappa shape index (κ1) is 36.8. The Bertz CT molecular complexity index is 3320. The number of benzene rings is 7. The maximum atomic E-state index is 6.78. The Morgan fingerprint density at radius 2 is 1.38 bits per heavy atom. The third kappa shape index (κ3) is 6.23. The third-order valence-corrected chi connectivity index (χ3v) is 15.7. The van der Waals surface area contributed by atoms with Crippen LogP contribution in [0.2, 0.25) is 13.1 Å². The summed E-state index contributed by atoms with van der Waals surface area (Å²) in [5.74, 6) is 4.19. The van der Waals surface area contributed by atoms with Crippen LogP contribution in [0, 0.1) is 6.33 Å². The van der Waals surface area contributed by atoms with E-state index in [1.807, 2.05) is 24.4 Å². The predicted octanol–water partition coefficient (Wildman–Crippen LogP) is 11.9. The largest absolute Gasteiger partial charge is 0.458 e. The van der Waals surface area contributed by atoms with Crippen LogP contribution in [-0.4, -0.2) is 22.2 Å². The number of imidazole rings is 1. The lowest BCUT2D eigenvalue weighted by atomic mass is 9.88. The molecule has 1 aliphatic heterocycles. The van der Waals surface area contributed by atoms with Crippen molar-refractivity contribution >= 4 is 51.3 Å². The Balaban J connectivity index is 1.03. The predicted molar refractivity (Wildman–Crippen MR) is 250 cm³/mol. The van der Waals surface area contributed by atoms with Crippen LogP contribution in [0.5, 0.6) is 23.0 Å². The summed E-state index contributed by atoms with van der Waals surface area (Å²) in [6, 6.07) is 59.7. The summed E-state index contributed by atoms with van der Waals surface area (Å²) in [5.41, 5.74) is 9.70. The van der Waals surface area contributed by atoms with Crippen LogP contribution >= 0.6 is 0 Å². The zero-order chi connectivity index (χ0) is 41.5. The fourth-order valence-electron chi connectivity index (χ4n) is 8.95. The van der Waals surface area contributed by atoms with Crippen LogP contribution in [0.15, 0.2) is 176 Å². The number of ether oxygens (including phenoxy) is 2. The summed E-state index contributed by atoms with van der Waals surface area (Å²) < 4.78 is 20.0. The highest BCUT2D eigenvalue weighted by Crippen LogP contribution is 2.39. The Kier molecular flexibility index (Phi) is 8.41. The lowest BCUT2D eigenvalue weighted by Crippen LogP contribution is -2.56. The summed E-state index contributed by atoms with van der Waals surface area (Å²) in [6.45, 7) is 11.5. The second-order valence-corrected chi connectivity index (χ2v) is 21.9. The van der Waals surface area contributed by atoms with Gasteiger partial charge in [0.25, 0.3) is 6.33 Å². The normalized spacial score (nSPS) is 13.3. The number of fused-ring (bicyclic) bond motifs is 6. The molecule has 0 N–H and O–H groups in total. The number of hydrogen-bond donors (Lipinski definition) is 0. The van der Waals surface area contributed by atoms with Crippen molar-refractivity contribution in [3.05, 3.63) is 188 Å². The summed E-state index contributed by atoms with van der Waals surface area (Å²) in [4.78, 5) is 4.94. The first-order valence-electron chi connectivity index (χ1n) is 20.9. The fourth-order valence-corrected chi connectivity index (χ4v) is 11.7. The van der Waals surface area contributed by atoms with E-state index in [0.29, 0.717) is 0 Å². The van der Waals surface area contributed by atoms with Gasteiger partial charge in [0.05, 0.1) is 33.4 Å². The molecule has 0 amide bonds. The van der Waals surface area contributed by atoms with Gasteiger partial charge in [-0.15, -0.1) is 0 Å². The van der Waals surface area contributed by atoms with Crippen molar-refractivity contribution in [1.82, 2.24) is 14.1 Å². The van der Waals surface area contributed by atoms with Gasteiger partial charge in [0, 0.05) is 23.0 Å². The van der Waals surface area contributed by atoms with E-state index in [9.17, 15) is 0 Å². The zero-order valence-corrected chi connectivity index (χ0v) is 35.8. The maximum absolute atomic E-state index is 6.78. The molecule has 0 saturated heterocycles. The van der Waals surface area contributed by atoms with Gasteiger partial charge in [0.15, 0.2) is 0 Å². The molecule has 6 nitrogen and oxygen atoms in total. The van der Waals surface area contributed by atoms with Crippen molar-refractivity contribution in [1.29, 1.82) is 0 Å². The van der Waals surface area contributed by atoms with Crippen LogP contribution < -0.4 is 24.4 Å². The molecule has 3 aromatic heterocycles. The molecule has 0 atom stereocenters. The topological polar surface area (TPSA) is 45.1 Å². The Morgan fingerprint density at radius 1 is 0.607 bits per heavy atom. The molecule has 0 fully saturated rings. The third-order valence-electron chi connectivity index (χ3n) is 12.2. The van der Waals surface area contributed by atoms with Crippen molar-refractivity contribution in [2.24, 2.45) is 0 Å². The minimum Gasteiger partial charge on any atom is -0.458 e. The Labute approximate surface area is 356 Å². The van der Waals surface area contributed by atoms with Gasteiger partial charge in [-0.05, 0) is 117 Å². The molecule has 0 radical (unpaired) electrons. The van der Waals surface area contributed by atoms with Gasteiger partial charge < -0.3 is 9.47 Å². The van der Waals surface area contributed by atoms with Crippen molar-refractivity contribution < 1.29 is 14.0 Å². The van der Waals surface area contributed by atoms with Gasteiger partial charge in [-0.1, -0.05) is 113 Å². The van der Waals surface area contributed by atoms with Crippen molar-refractivity contribution in [3.8, 4) is 51.3 Å². The monoisotopic (exact) mass is 808 g/mol. The van der Waals surface area contributed by atoms with Gasteiger partial charge in [-0.3, -0.25) is 13.7 Å². The molecule has 7 aromatic carbocycles. The van der Waals surface area contributed by atoms with E-state index in [2.05, 4.69) is 206 Å². The molecule has 11 rings (SSSR count). The number of rotatable bonds is 6. The minimum atomic E-state index is -2.07. The zero-order valence-electron chi connectivity index (χ0n) is 34.8. The molecular formula is C54H44N4O2Si. The smallest absolute Gasteiger partial charge is 0.269 e. The Hall–Kier alpha value is -7.22. The van der Waals surface area contributed by atoms with Crippen molar-refractivity contribution in [2.45, 2.75) is 39.3 Å². The van der Waals surface area contributed by atoms with Crippen molar-refractivity contribution in [2.75, 3.05) is 0 Å². The molecule has 61 heavy (non-hydrogen) atoms. The van der Waals surface area contributed by atoms with E-state index < -0.39 is 8.07 Å². The molecule has 4 heterocycles. The second kappa shape index (κ2) is 13.9. The van der Waals surface area contributed by atoms with Gasteiger partial charge in [0.2, 0.25) is 0 Å². The summed E-state index contributed by atoms with van der Waals surface area (Å²) in [6.07, 6.45) is 5.63. The van der Waals surface area contributed by atoms with Crippen LogP contribution in [0.1, 0.15) is 26.3 Å². The van der Waals surface area contributed by atoms with E-state index in [1.54, 1.807) is 0 Å². The van der Waals surface area contributed by atoms with Crippen LogP contribution in [-0.2, 0) is 5.41 Å². The fraction of sp³-hybridized carbons (Fsp3) is 0.111. The lowest BCUT2D eigenvalue weighted by Gasteiger charge is -2.33. The summed E-state index contributed by atoms with van der Waals surface area (Å²) >= 11 is 0. The molecule has 0 spiro atoms. The highest BCUT2D eigenvalue weighted by Gasteiger charge is 2.37. The van der Waals surface area contributed by atoms with E-state index in [4.69, 9.17) is 14.5 Å². The van der Waals surface area contributed by atoms with E-state index in [1.165, 1.54) is 27.1 Å². The van der Waals surface area contributed by atoms with E-state index >= 15 is 0 Å². The number of hydrogen-bond acceptors (Lipinski definition) is 3. The first-order valence-corrected chi connectivity index (χ1v) is 23.9. The summed E-state index contributed by atoms with van der Waals surface area (Å²) in [5, 5.41) is 4.88. The average molecular weight is 809 g/mol. The maximum Gasteiger partial charge on any atom is 0.269 e. The number of aromatic nitrogens is 4. The van der Waals surface area contributed by atoms with Gasteiger partial charge in [-0.25, -0.2) is 4.98 Å². The van der Waals surface area contributed by atoms with E-state index in [0.717, 1.165) is 73.0 Å². The second-order valence-electron chi connectivity index (χ2n) is 17.5. The minimum absolute atomic E-state index is 0.0326. The number of pyridine rings is 1. The van der Waals surface area contributed by atoms with Crippen LogP contribution in [0.4, 0.5) is 0 Å². The SMILES string of the molecule is CC(C)(C)c1ccnc(-n2c3ccc(-c4ccccc4)cc3c3ccc(Oc4cccc(-n5[c-][n+](-c6ccccc6)c6cc7c(cc65)Oc5ccccc5[Si]7(C)C)c4)cc32)c1. The quantitative estimate of drug-likeness (QED) is 0.0955. The van der Waals surface area contributed by atoms with Gasteiger partial charge >= 0.3 is 0 Å². The molecular weight excluding hydrogens is 765 g/mol. The molecule has 7 heteroatoms. The highest BCUT2D eigenvalue weighted by atomic mass is 28.3. The van der Waals surface area contributed by atoms with E-state index in [-0.39, 0.29) is 5.41 Å². The molecule has 10 aromatic rings. The molecule has 0 aliphatic carbocycles. The summed E-state index contributed by atoms with van der Waals surface area (Å²) in [7, 11) is -2.07. The first-order chi connectivity index (χ1) is 29.6. The molecule has 0 unspecified atom stereocenters. The highest BCUT2D eigenvalue weighted by molar-refractivity contribution is 7.01.